The summed E-state index contributed by atoms with van der Waals surface area (Å²) >= 11 is 0. The Hall–Kier alpha value is -1.26. The number of likely N-dealkylation sites (N-methyl/N-ethyl adjacent to an activating group) is 1. The van der Waals surface area contributed by atoms with Crippen molar-refractivity contribution in [2.45, 2.75) is 25.4 Å². The highest BCUT2D eigenvalue weighted by molar-refractivity contribution is 5.42. The third-order valence-electron chi connectivity index (χ3n) is 3.40. The highest BCUT2D eigenvalue weighted by Gasteiger charge is 2.19. The number of ether oxygens (including phenoxy) is 2. The fourth-order valence-corrected chi connectivity index (χ4v) is 2.12. The Morgan fingerprint density at radius 1 is 1.21 bits per heavy atom. The number of benzene rings is 1. The zero-order valence-electron chi connectivity index (χ0n) is 12.1. The van der Waals surface area contributed by atoms with Gasteiger partial charge in [0.05, 0.1) is 14.2 Å². The first-order valence-corrected chi connectivity index (χ1v) is 6.85. The molecule has 0 heterocycles. The summed E-state index contributed by atoms with van der Waals surface area (Å²) in [5.41, 5.74) is 1.24. The van der Waals surface area contributed by atoms with Crippen LogP contribution in [-0.4, -0.2) is 45.3 Å². The molecule has 0 amide bonds. The normalized spacial score (nSPS) is 14.7. The van der Waals surface area contributed by atoms with E-state index in [1.165, 1.54) is 18.4 Å². The number of rotatable bonds is 8. The van der Waals surface area contributed by atoms with Crippen LogP contribution in [0.15, 0.2) is 18.2 Å². The monoisotopic (exact) mass is 264 g/mol. The topological polar surface area (TPSA) is 33.7 Å². The summed E-state index contributed by atoms with van der Waals surface area (Å²) in [6, 6.07) is 6.88. The number of nitrogens with zero attached hydrogens (tertiary/aromatic N) is 1. The standard InChI is InChI=1S/C15H24N2O2/c1-17(9-8-16-13-5-6-13)11-12-4-7-14(18-2)15(10-12)19-3/h4,7,10,13,16H,5-6,8-9,11H2,1-3H3. The Kier molecular flexibility index (Phi) is 5.05. The van der Waals surface area contributed by atoms with E-state index in [0.29, 0.717) is 0 Å². The average Bonchev–Trinajstić information content (AvgIpc) is 3.22. The maximum atomic E-state index is 5.32. The summed E-state index contributed by atoms with van der Waals surface area (Å²) in [5, 5.41) is 3.53. The third kappa shape index (κ3) is 4.40. The first kappa shape index (κ1) is 14.2. The van der Waals surface area contributed by atoms with Gasteiger partial charge in [0, 0.05) is 25.7 Å². The number of hydrogen-bond acceptors (Lipinski definition) is 4. The van der Waals surface area contributed by atoms with Gasteiger partial charge < -0.3 is 19.7 Å². The van der Waals surface area contributed by atoms with E-state index in [2.05, 4.69) is 23.3 Å². The van der Waals surface area contributed by atoms with Gasteiger partial charge >= 0.3 is 0 Å². The smallest absolute Gasteiger partial charge is 0.161 e. The molecule has 0 saturated heterocycles. The van der Waals surface area contributed by atoms with Crippen molar-refractivity contribution < 1.29 is 9.47 Å². The minimum absolute atomic E-state index is 0.782. The van der Waals surface area contributed by atoms with Gasteiger partial charge in [0.2, 0.25) is 0 Å². The van der Waals surface area contributed by atoms with Gasteiger partial charge in [-0.2, -0.15) is 0 Å². The molecule has 0 unspecified atom stereocenters. The maximum absolute atomic E-state index is 5.32. The van der Waals surface area contributed by atoms with Crippen LogP contribution >= 0.6 is 0 Å². The molecule has 1 aliphatic rings. The van der Waals surface area contributed by atoms with Gasteiger partial charge in [-0.25, -0.2) is 0 Å². The first-order chi connectivity index (χ1) is 9.22. The van der Waals surface area contributed by atoms with Gasteiger partial charge in [0.15, 0.2) is 11.5 Å². The fraction of sp³-hybridized carbons (Fsp3) is 0.600. The van der Waals surface area contributed by atoms with Gasteiger partial charge in [0.25, 0.3) is 0 Å². The second-order valence-electron chi connectivity index (χ2n) is 5.16. The summed E-state index contributed by atoms with van der Waals surface area (Å²) < 4.78 is 10.6. The molecule has 1 aromatic carbocycles. The van der Waals surface area contributed by atoms with Crippen LogP contribution in [0.3, 0.4) is 0 Å². The van der Waals surface area contributed by atoms with Crippen LogP contribution in [-0.2, 0) is 6.54 Å². The second-order valence-corrected chi connectivity index (χ2v) is 5.16. The Labute approximate surface area is 115 Å². The Morgan fingerprint density at radius 3 is 2.58 bits per heavy atom. The molecule has 0 radical (unpaired) electrons. The summed E-state index contributed by atoms with van der Waals surface area (Å²) in [4.78, 5) is 2.32. The van der Waals surface area contributed by atoms with Crippen molar-refractivity contribution in [2.75, 3.05) is 34.4 Å². The third-order valence-corrected chi connectivity index (χ3v) is 3.40. The van der Waals surface area contributed by atoms with Crippen LogP contribution < -0.4 is 14.8 Å². The number of nitrogens with one attached hydrogen (secondary N) is 1. The highest BCUT2D eigenvalue weighted by Crippen LogP contribution is 2.27. The molecule has 19 heavy (non-hydrogen) atoms. The molecule has 0 atom stereocenters. The van der Waals surface area contributed by atoms with E-state index < -0.39 is 0 Å². The quantitative estimate of drug-likeness (QED) is 0.777. The van der Waals surface area contributed by atoms with Crippen molar-refractivity contribution in [3.8, 4) is 11.5 Å². The maximum Gasteiger partial charge on any atom is 0.161 e. The van der Waals surface area contributed by atoms with Crippen molar-refractivity contribution >= 4 is 0 Å². The number of methoxy groups -OCH3 is 2. The molecule has 1 aliphatic carbocycles. The lowest BCUT2D eigenvalue weighted by molar-refractivity contribution is 0.321. The lowest BCUT2D eigenvalue weighted by atomic mass is 10.2. The van der Waals surface area contributed by atoms with Crippen LogP contribution in [0.5, 0.6) is 11.5 Å². The summed E-state index contributed by atoms with van der Waals surface area (Å²) in [5.74, 6) is 1.58. The number of hydrogen-bond donors (Lipinski definition) is 1. The fourth-order valence-electron chi connectivity index (χ4n) is 2.12. The Morgan fingerprint density at radius 2 is 1.95 bits per heavy atom. The van der Waals surface area contributed by atoms with Crippen LogP contribution in [0.4, 0.5) is 0 Å². The predicted octanol–water partition coefficient (Wildman–Crippen LogP) is 1.89. The van der Waals surface area contributed by atoms with Gasteiger partial charge in [-0.15, -0.1) is 0 Å². The molecule has 4 nitrogen and oxygen atoms in total. The van der Waals surface area contributed by atoms with Crippen LogP contribution in [0.25, 0.3) is 0 Å². The van der Waals surface area contributed by atoms with E-state index in [0.717, 1.165) is 37.2 Å². The SMILES string of the molecule is COc1ccc(CN(C)CCNC2CC2)cc1OC. The molecule has 0 aromatic heterocycles. The molecule has 1 N–H and O–H groups in total. The van der Waals surface area contributed by atoms with Gasteiger partial charge in [0.1, 0.15) is 0 Å². The minimum atomic E-state index is 0.782. The molecule has 1 saturated carbocycles. The average molecular weight is 264 g/mol. The molecule has 0 spiro atoms. The molecule has 2 rings (SSSR count). The highest BCUT2D eigenvalue weighted by atomic mass is 16.5. The van der Waals surface area contributed by atoms with Gasteiger partial charge in [-0.1, -0.05) is 6.07 Å². The molecule has 1 aromatic rings. The van der Waals surface area contributed by atoms with Crippen LogP contribution in [0.2, 0.25) is 0 Å². The van der Waals surface area contributed by atoms with E-state index in [-0.39, 0.29) is 0 Å². The minimum Gasteiger partial charge on any atom is -0.493 e. The summed E-state index contributed by atoms with van der Waals surface area (Å²) in [6.45, 7) is 3.05. The molecule has 1 fully saturated rings. The van der Waals surface area contributed by atoms with E-state index in [1.807, 2.05) is 12.1 Å². The summed E-state index contributed by atoms with van der Waals surface area (Å²) in [7, 11) is 5.48. The Balaban J connectivity index is 1.82. The lowest BCUT2D eigenvalue weighted by Crippen LogP contribution is -2.30. The van der Waals surface area contributed by atoms with Crippen molar-refractivity contribution in [3.63, 3.8) is 0 Å². The molecule has 0 aliphatic heterocycles. The second kappa shape index (κ2) is 6.78. The Bertz CT molecular complexity index is 405. The molecular formula is C15H24N2O2. The van der Waals surface area contributed by atoms with Crippen molar-refractivity contribution in [2.24, 2.45) is 0 Å². The van der Waals surface area contributed by atoms with Gasteiger partial charge in [-0.05, 0) is 37.6 Å². The molecule has 4 heteroatoms. The molecule has 106 valence electrons. The molecule has 0 bridgehead atoms. The van der Waals surface area contributed by atoms with E-state index in [1.54, 1.807) is 14.2 Å². The zero-order chi connectivity index (χ0) is 13.7. The van der Waals surface area contributed by atoms with E-state index in [9.17, 15) is 0 Å². The van der Waals surface area contributed by atoms with Crippen molar-refractivity contribution in [3.05, 3.63) is 23.8 Å². The van der Waals surface area contributed by atoms with Crippen LogP contribution in [0.1, 0.15) is 18.4 Å². The lowest BCUT2D eigenvalue weighted by Gasteiger charge is -2.18. The van der Waals surface area contributed by atoms with Gasteiger partial charge in [-0.3, -0.25) is 0 Å². The zero-order valence-corrected chi connectivity index (χ0v) is 12.1. The summed E-state index contributed by atoms with van der Waals surface area (Å²) in [6.07, 6.45) is 2.69. The van der Waals surface area contributed by atoms with Crippen molar-refractivity contribution in [1.82, 2.24) is 10.2 Å². The first-order valence-electron chi connectivity index (χ1n) is 6.85. The molecular weight excluding hydrogens is 240 g/mol. The van der Waals surface area contributed by atoms with E-state index in [4.69, 9.17) is 9.47 Å². The van der Waals surface area contributed by atoms with Crippen molar-refractivity contribution in [1.29, 1.82) is 0 Å². The largest absolute Gasteiger partial charge is 0.493 e. The van der Waals surface area contributed by atoms with E-state index >= 15 is 0 Å². The predicted molar refractivity (Wildman–Crippen MR) is 76.9 cm³/mol. The van der Waals surface area contributed by atoms with Crippen LogP contribution in [0, 0.1) is 0 Å².